The fourth-order valence-electron chi connectivity index (χ4n) is 1.83. The summed E-state index contributed by atoms with van der Waals surface area (Å²) in [5.74, 6) is 0.609. The smallest absolute Gasteiger partial charge is 0.349 e. The topological polar surface area (TPSA) is 35.5 Å². The molecular formula is C16H14BrClO3. The van der Waals surface area contributed by atoms with Crippen molar-refractivity contribution in [3.63, 3.8) is 0 Å². The molecule has 0 aliphatic carbocycles. The molecule has 0 spiro atoms. The van der Waals surface area contributed by atoms with Gasteiger partial charge in [0, 0.05) is 9.50 Å². The van der Waals surface area contributed by atoms with Crippen LogP contribution in [0.25, 0.3) is 0 Å². The molecule has 0 saturated heterocycles. The number of carbonyl (C=O) groups is 1. The highest BCUT2D eigenvalue weighted by molar-refractivity contribution is 9.10. The zero-order chi connectivity index (χ0) is 15.4. The number of aryl methyl sites for hydroxylation is 2. The number of carbonyl (C=O) groups excluding carboxylic acids is 1. The molecule has 0 atom stereocenters. The van der Waals surface area contributed by atoms with Crippen LogP contribution in [-0.4, -0.2) is 12.6 Å². The number of rotatable bonds is 4. The fraction of sp³-hybridized carbons (Fsp3) is 0.188. The molecule has 110 valence electrons. The van der Waals surface area contributed by atoms with Gasteiger partial charge < -0.3 is 9.47 Å². The van der Waals surface area contributed by atoms with Crippen molar-refractivity contribution in [3.05, 3.63) is 57.0 Å². The first-order valence-corrected chi connectivity index (χ1v) is 7.48. The summed E-state index contributed by atoms with van der Waals surface area (Å²) in [6, 6.07) is 10.7. The Balaban J connectivity index is 1.96. The van der Waals surface area contributed by atoms with Gasteiger partial charge in [0.15, 0.2) is 6.61 Å². The van der Waals surface area contributed by atoms with Gasteiger partial charge >= 0.3 is 5.97 Å². The minimum absolute atomic E-state index is 0.156. The molecule has 0 amide bonds. The van der Waals surface area contributed by atoms with Gasteiger partial charge in [0.2, 0.25) is 0 Å². The van der Waals surface area contributed by atoms with E-state index in [4.69, 9.17) is 21.1 Å². The Kier molecular flexibility index (Phi) is 5.26. The highest BCUT2D eigenvalue weighted by Gasteiger charge is 2.09. The van der Waals surface area contributed by atoms with Crippen LogP contribution in [-0.2, 0) is 4.79 Å². The largest absolute Gasteiger partial charge is 0.482 e. The lowest BCUT2D eigenvalue weighted by Gasteiger charge is -2.09. The molecule has 21 heavy (non-hydrogen) atoms. The Labute approximate surface area is 137 Å². The first-order chi connectivity index (χ1) is 9.95. The maximum Gasteiger partial charge on any atom is 0.349 e. The molecule has 5 heteroatoms. The average Bonchev–Trinajstić information content (AvgIpc) is 2.42. The number of hydrogen-bond donors (Lipinski definition) is 0. The van der Waals surface area contributed by atoms with Crippen LogP contribution in [0, 0.1) is 13.8 Å². The molecule has 0 fully saturated rings. The van der Waals surface area contributed by atoms with Crippen LogP contribution in [0.2, 0.25) is 5.02 Å². The molecule has 0 bridgehead atoms. The summed E-state index contributed by atoms with van der Waals surface area (Å²) in [6.07, 6.45) is 0. The first-order valence-electron chi connectivity index (χ1n) is 6.31. The van der Waals surface area contributed by atoms with E-state index in [1.165, 1.54) is 0 Å². The van der Waals surface area contributed by atoms with Gasteiger partial charge in [0.25, 0.3) is 0 Å². The lowest BCUT2D eigenvalue weighted by molar-refractivity contribution is -0.136. The van der Waals surface area contributed by atoms with Crippen molar-refractivity contribution >= 4 is 33.5 Å². The number of halogens is 2. The van der Waals surface area contributed by atoms with Gasteiger partial charge in [0.1, 0.15) is 11.5 Å². The van der Waals surface area contributed by atoms with E-state index in [1.54, 1.807) is 24.3 Å². The standard InChI is InChI=1S/C16H14BrClO3/c1-10-6-14(7-11(2)16(10)18)21-15(19)9-20-13-5-3-4-12(17)8-13/h3-8H,9H2,1-2H3. The number of hydrogen-bond acceptors (Lipinski definition) is 3. The Bertz CT molecular complexity index is 647. The Morgan fingerprint density at radius 1 is 1.14 bits per heavy atom. The van der Waals surface area contributed by atoms with Gasteiger partial charge in [-0.15, -0.1) is 0 Å². The Morgan fingerprint density at radius 2 is 1.81 bits per heavy atom. The molecule has 0 N–H and O–H groups in total. The van der Waals surface area contributed by atoms with E-state index in [0.29, 0.717) is 16.5 Å². The summed E-state index contributed by atoms with van der Waals surface area (Å²) in [4.78, 5) is 11.8. The third kappa shape index (κ3) is 4.48. The predicted octanol–water partition coefficient (Wildman–Crippen LogP) is 4.70. The molecule has 0 radical (unpaired) electrons. The first kappa shape index (κ1) is 15.9. The van der Waals surface area contributed by atoms with Gasteiger partial charge in [-0.05, 0) is 55.3 Å². The van der Waals surface area contributed by atoms with Crippen molar-refractivity contribution in [2.45, 2.75) is 13.8 Å². The van der Waals surface area contributed by atoms with E-state index >= 15 is 0 Å². The normalized spacial score (nSPS) is 10.3. The Morgan fingerprint density at radius 3 is 2.43 bits per heavy atom. The zero-order valence-electron chi connectivity index (χ0n) is 11.7. The van der Waals surface area contributed by atoms with Crippen molar-refractivity contribution in [3.8, 4) is 11.5 Å². The maximum atomic E-state index is 11.8. The molecule has 2 aromatic carbocycles. The molecule has 0 aliphatic rings. The van der Waals surface area contributed by atoms with Crippen molar-refractivity contribution in [2.75, 3.05) is 6.61 Å². The van der Waals surface area contributed by atoms with Crippen molar-refractivity contribution in [1.82, 2.24) is 0 Å². The maximum absolute atomic E-state index is 11.8. The lowest BCUT2D eigenvalue weighted by Crippen LogP contribution is -2.17. The SMILES string of the molecule is Cc1cc(OC(=O)COc2cccc(Br)c2)cc(C)c1Cl. The van der Waals surface area contributed by atoms with Gasteiger partial charge in [0.05, 0.1) is 0 Å². The van der Waals surface area contributed by atoms with Crippen LogP contribution in [0.1, 0.15) is 11.1 Å². The van der Waals surface area contributed by atoms with Gasteiger partial charge in [-0.3, -0.25) is 0 Å². The second-order valence-corrected chi connectivity index (χ2v) is 5.88. The van der Waals surface area contributed by atoms with Crippen LogP contribution in [0.4, 0.5) is 0 Å². The van der Waals surface area contributed by atoms with Crippen LogP contribution in [0.15, 0.2) is 40.9 Å². The summed E-state index contributed by atoms with van der Waals surface area (Å²) in [7, 11) is 0. The minimum atomic E-state index is -0.462. The summed E-state index contributed by atoms with van der Waals surface area (Å²) in [5, 5.41) is 0.681. The van der Waals surface area contributed by atoms with Gasteiger partial charge in [-0.1, -0.05) is 33.6 Å². The average molecular weight is 370 g/mol. The van der Waals surface area contributed by atoms with E-state index < -0.39 is 5.97 Å². The highest BCUT2D eigenvalue weighted by atomic mass is 79.9. The lowest BCUT2D eigenvalue weighted by atomic mass is 10.1. The molecule has 0 saturated carbocycles. The molecule has 2 aromatic rings. The molecule has 0 aliphatic heterocycles. The zero-order valence-corrected chi connectivity index (χ0v) is 14.0. The predicted molar refractivity (Wildman–Crippen MR) is 86.2 cm³/mol. The molecule has 0 aromatic heterocycles. The van der Waals surface area contributed by atoms with Crippen LogP contribution >= 0.6 is 27.5 Å². The summed E-state index contributed by atoms with van der Waals surface area (Å²) in [6.45, 7) is 3.58. The van der Waals surface area contributed by atoms with Crippen LogP contribution < -0.4 is 9.47 Å². The molecule has 2 rings (SSSR count). The molecular weight excluding hydrogens is 356 g/mol. The summed E-state index contributed by atoms with van der Waals surface area (Å²) in [5.41, 5.74) is 1.74. The quantitative estimate of drug-likeness (QED) is 0.578. The van der Waals surface area contributed by atoms with Crippen molar-refractivity contribution < 1.29 is 14.3 Å². The highest BCUT2D eigenvalue weighted by Crippen LogP contribution is 2.26. The van der Waals surface area contributed by atoms with Crippen molar-refractivity contribution in [1.29, 1.82) is 0 Å². The minimum Gasteiger partial charge on any atom is -0.482 e. The molecule has 0 heterocycles. The molecule has 0 unspecified atom stereocenters. The van der Waals surface area contributed by atoms with Gasteiger partial charge in [-0.25, -0.2) is 4.79 Å². The summed E-state index contributed by atoms with van der Waals surface area (Å²) >= 11 is 9.41. The van der Waals surface area contributed by atoms with Gasteiger partial charge in [-0.2, -0.15) is 0 Å². The van der Waals surface area contributed by atoms with Crippen molar-refractivity contribution in [2.24, 2.45) is 0 Å². The third-order valence-corrected chi connectivity index (χ3v) is 3.88. The second kappa shape index (κ2) is 6.96. The van der Waals surface area contributed by atoms with Crippen LogP contribution in [0.3, 0.4) is 0 Å². The molecule has 3 nitrogen and oxygen atoms in total. The summed E-state index contributed by atoms with van der Waals surface area (Å²) < 4.78 is 11.5. The van der Waals surface area contributed by atoms with Crippen LogP contribution in [0.5, 0.6) is 11.5 Å². The second-order valence-electron chi connectivity index (χ2n) is 4.59. The fourth-order valence-corrected chi connectivity index (χ4v) is 2.31. The van der Waals surface area contributed by atoms with E-state index in [9.17, 15) is 4.79 Å². The monoisotopic (exact) mass is 368 g/mol. The van der Waals surface area contributed by atoms with E-state index in [1.807, 2.05) is 26.0 Å². The third-order valence-electron chi connectivity index (χ3n) is 2.79. The Hall–Kier alpha value is -1.52. The van der Waals surface area contributed by atoms with E-state index in [-0.39, 0.29) is 6.61 Å². The van der Waals surface area contributed by atoms with E-state index in [0.717, 1.165) is 15.6 Å². The number of ether oxygens (including phenoxy) is 2. The number of benzene rings is 2. The van der Waals surface area contributed by atoms with E-state index in [2.05, 4.69) is 15.9 Å². The number of esters is 1.